The van der Waals surface area contributed by atoms with Crippen LogP contribution in [0.3, 0.4) is 0 Å². The molecule has 0 aromatic carbocycles. The first kappa shape index (κ1) is 15.5. The molecule has 2 N–H and O–H groups in total. The molecular formula is C17H27N3O2. The second kappa shape index (κ2) is 6.82. The van der Waals surface area contributed by atoms with E-state index in [1.807, 2.05) is 0 Å². The number of nitrogens with zero attached hydrogens (tertiary/aromatic N) is 1. The lowest BCUT2D eigenvalue weighted by Gasteiger charge is -2.24. The van der Waals surface area contributed by atoms with Gasteiger partial charge >= 0.3 is 0 Å². The molecule has 2 fully saturated rings. The summed E-state index contributed by atoms with van der Waals surface area (Å²) in [6.45, 7) is 4.64. The number of rotatable bonds is 5. The first-order valence-corrected chi connectivity index (χ1v) is 8.73. The van der Waals surface area contributed by atoms with E-state index in [0.717, 1.165) is 36.3 Å². The zero-order valence-corrected chi connectivity index (χ0v) is 13.7. The fourth-order valence-corrected chi connectivity index (χ4v) is 3.96. The number of amides is 1. The molecule has 1 amide bonds. The van der Waals surface area contributed by atoms with Gasteiger partial charge in [0.05, 0.1) is 11.7 Å². The number of hydrogen-bond acceptors (Lipinski definition) is 4. The van der Waals surface area contributed by atoms with Crippen molar-refractivity contribution in [3.63, 3.8) is 0 Å². The van der Waals surface area contributed by atoms with Crippen LogP contribution in [0.4, 0.5) is 0 Å². The maximum atomic E-state index is 12.5. The van der Waals surface area contributed by atoms with Crippen LogP contribution >= 0.6 is 0 Å². The highest BCUT2D eigenvalue weighted by molar-refractivity contribution is 5.82. The van der Waals surface area contributed by atoms with Crippen LogP contribution in [0.25, 0.3) is 0 Å². The Morgan fingerprint density at radius 2 is 2.14 bits per heavy atom. The highest BCUT2D eigenvalue weighted by Gasteiger charge is 2.38. The Morgan fingerprint density at radius 1 is 1.32 bits per heavy atom. The minimum absolute atomic E-state index is 0.0249. The van der Waals surface area contributed by atoms with Crippen LogP contribution in [-0.4, -0.2) is 23.1 Å². The Labute approximate surface area is 132 Å². The van der Waals surface area contributed by atoms with Gasteiger partial charge in [0.15, 0.2) is 0 Å². The molecule has 5 heteroatoms. The van der Waals surface area contributed by atoms with E-state index in [0.29, 0.717) is 18.5 Å². The summed E-state index contributed by atoms with van der Waals surface area (Å²) >= 11 is 0. The van der Waals surface area contributed by atoms with Crippen molar-refractivity contribution in [1.29, 1.82) is 0 Å². The van der Waals surface area contributed by atoms with Crippen molar-refractivity contribution in [1.82, 2.24) is 15.8 Å². The van der Waals surface area contributed by atoms with Crippen molar-refractivity contribution in [2.45, 2.75) is 77.4 Å². The maximum absolute atomic E-state index is 12.5. The fraction of sp³-hybridized carbons (Fsp3) is 0.765. The SMILES string of the molecule is CCc1noc(CC)c1CNC(=O)C1CC2CCCCC2N1. The summed E-state index contributed by atoms with van der Waals surface area (Å²) < 4.78 is 5.35. The van der Waals surface area contributed by atoms with Crippen molar-refractivity contribution >= 4 is 5.91 Å². The number of hydrogen-bond donors (Lipinski definition) is 2. The molecule has 1 aromatic rings. The molecule has 2 aliphatic rings. The minimum atomic E-state index is -0.0249. The highest BCUT2D eigenvalue weighted by Crippen LogP contribution is 2.33. The zero-order chi connectivity index (χ0) is 15.5. The van der Waals surface area contributed by atoms with Gasteiger partial charge in [-0.2, -0.15) is 0 Å². The van der Waals surface area contributed by atoms with Gasteiger partial charge in [0, 0.05) is 24.6 Å². The lowest BCUT2D eigenvalue weighted by atomic mass is 9.85. The topological polar surface area (TPSA) is 67.2 Å². The molecule has 1 aliphatic heterocycles. The quantitative estimate of drug-likeness (QED) is 0.876. The predicted molar refractivity (Wildman–Crippen MR) is 84.4 cm³/mol. The van der Waals surface area contributed by atoms with Crippen molar-refractivity contribution in [3.8, 4) is 0 Å². The normalized spacial score (nSPS) is 27.6. The number of aryl methyl sites for hydroxylation is 2. The Kier molecular flexibility index (Phi) is 4.81. The van der Waals surface area contributed by atoms with Gasteiger partial charge < -0.3 is 15.2 Å². The summed E-state index contributed by atoms with van der Waals surface area (Å²) in [4.78, 5) is 12.5. The molecule has 0 bridgehead atoms. The Morgan fingerprint density at radius 3 is 2.86 bits per heavy atom. The Balaban J connectivity index is 1.58. The van der Waals surface area contributed by atoms with E-state index >= 15 is 0 Å². The maximum Gasteiger partial charge on any atom is 0.237 e. The number of fused-ring (bicyclic) bond motifs is 1. The molecule has 3 rings (SSSR count). The number of aromatic nitrogens is 1. The smallest absolute Gasteiger partial charge is 0.237 e. The van der Waals surface area contributed by atoms with Crippen LogP contribution in [0, 0.1) is 5.92 Å². The molecule has 2 heterocycles. The molecule has 1 aliphatic carbocycles. The lowest BCUT2D eigenvalue weighted by Crippen LogP contribution is -2.43. The molecule has 122 valence electrons. The molecule has 22 heavy (non-hydrogen) atoms. The van der Waals surface area contributed by atoms with E-state index in [1.54, 1.807) is 0 Å². The largest absolute Gasteiger partial charge is 0.361 e. The first-order chi connectivity index (χ1) is 10.7. The molecule has 0 radical (unpaired) electrons. The third-order valence-corrected chi connectivity index (χ3v) is 5.23. The van der Waals surface area contributed by atoms with Gasteiger partial charge in [-0.05, 0) is 31.6 Å². The van der Waals surface area contributed by atoms with Crippen LogP contribution in [0.5, 0.6) is 0 Å². The standard InChI is InChI=1S/C17H27N3O2/c1-3-13-12(16(4-2)22-20-13)10-18-17(21)15-9-11-7-5-6-8-14(11)19-15/h11,14-15,19H,3-10H2,1-2H3,(H,18,21). The molecule has 5 nitrogen and oxygen atoms in total. The third kappa shape index (κ3) is 3.05. The molecule has 1 saturated carbocycles. The lowest BCUT2D eigenvalue weighted by molar-refractivity contribution is -0.123. The van der Waals surface area contributed by atoms with E-state index in [-0.39, 0.29) is 11.9 Å². The van der Waals surface area contributed by atoms with Gasteiger partial charge in [0.25, 0.3) is 0 Å². The van der Waals surface area contributed by atoms with E-state index in [4.69, 9.17) is 4.52 Å². The van der Waals surface area contributed by atoms with Crippen LogP contribution in [-0.2, 0) is 24.2 Å². The number of nitrogens with one attached hydrogen (secondary N) is 2. The van der Waals surface area contributed by atoms with Crippen molar-refractivity contribution in [2.75, 3.05) is 0 Å². The summed E-state index contributed by atoms with van der Waals surface area (Å²) in [5.74, 6) is 1.71. The van der Waals surface area contributed by atoms with Gasteiger partial charge in [-0.15, -0.1) is 0 Å². The molecule has 0 spiro atoms. The first-order valence-electron chi connectivity index (χ1n) is 8.73. The van der Waals surface area contributed by atoms with Crippen molar-refractivity contribution in [3.05, 3.63) is 17.0 Å². The third-order valence-electron chi connectivity index (χ3n) is 5.23. The number of carbonyl (C=O) groups excluding carboxylic acids is 1. The van der Waals surface area contributed by atoms with Crippen LogP contribution in [0.15, 0.2) is 4.52 Å². The summed E-state index contributed by atoms with van der Waals surface area (Å²) in [6.07, 6.45) is 7.74. The summed E-state index contributed by atoms with van der Waals surface area (Å²) in [5.41, 5.74) is 2.03. The predicted octanol–water partition coefficient (Wildman–Crippen LogP) is 2.34. The van der Waals surface area contributed by atoms with Crippen LogP contribution in [0.2, 0.25) is 0 Å². The monoisotopic (exact) mass is 305 g/mol. The van der Waals surface area contributed by atoms with E-state index in [1.165, 1.54) is 25.7 Å². The van der Waals surface area contributed by atoms with E-state index in [9.17, 15) is 4.79 Å². The molecule has 3 unspecified atom stereocenters. The molecule has 1 aromatic heterocycles. The van der Waals surface area contributed by atoms with Crippen LogP contribution in [0.1, 0.15) is 63.0 Å². The van der Waals surface area contributed by atoms with E-state index < -0.39 is 0 Å². The minimum Gasteiger partial charge on any atom is -0.361 e. The zero-order valence-electron chi connectivity index (χ0n) is 13.7. The van der Waals surface area contributed by atoms with Gasteiger partial charge in [0.1, 0.15) is 5.76 Å². The average Bonchev–Trinajstić information content (AvgIpc) is 3.15. The van der Waals surface area contributed by atoms with Crippen molar-refractivity contribution < 1.29 is 9.32 Å². The van der Waals surface area contributed by atoms with Crippen LogP contribution < -0.4 is 10.6 Å². The van der Waals surface area contributed by atoms with Gasteiger partial charge in [-0.25, -0.2) is 0 Å². The fourth-order valence-electron chi connectivity index (χ4n) is 3.96. The second-order valence-electron chi connectivity index (χ2n) is 6.56. The molecule has 3 atom stereocenters. The Bertz CT molecular complexity index is 490. The number of carbonyl (C=O) groups is 1. The molecular weight excluding hydrogens is 278 g/mol. The summed E-state index contributed by atoms with van der Waals surface area (Å²) in [5, 5.41) is 10.7. The second-order valence-corrected chi connectivity index (χ2v) is 6.56. The van der Waals surface area contributed by atoms with Gasteiger partial charge in [0.2, 0.25) is 5.91 Å². The van der Waals surface area contributed by atoms with Crippen molar-refractivity contribution in [2.24, 2.45) is 5.92 Å². The van der Waals surface area contributed by atoms with Gasteiger partial charge in [-0.3, -0.25) is 4.79 Å². The Hall–Kier alpha value is -1.36. The van der Waals surface area contributed by atoms with Gasteiger partial charge in [-0.1, -0.05) is 31.8 Å². The van der Waals surface area contributed by atoms with E-state index in [2.05, 4.69) is 29.6 Å². The molecule has 1 saturated heterocycles. The highest BCUT2D eigenvalue weighted by atomic mass is 16.5. The summed E-state index contributed by atoms with van der Waals surface area (Å²) in [6, 6.07) is 0.528. The summed E-state index contributed by atoms with van der Waals surface area (Å²) in [7, 11) is 0. The average molecular weight is 305 g/mol.